The van der Waals surface area contributed by atoms with Crippen LogP contribution in [-0.2, 0) is 15.0 Å². The van der Waals surface area contributed by atoms with E-state index >= 15 is 0 Å². The first kappa shape index (κ1) is 13.9. The molecule has 0 bridgehead atoms. The third-order valence-electron chi connectivity index (χ3n) is 4.69. The molecule has 0 aromatic heterocycles. The van der Waals surface area contributed by atoms with Crippen molar-refractivity contribution < 1.29 is 9.59 Å². The van der Waals surface area contributed by atoms with E-state index in [1.165, 1.54) is 0 Å². The average Bonchev–Trinajstić information content (AvgIpc) is 3.16. The van der Waals surface area contributed by atoms with Gasteiger partial charge < -0.3 is 16.0 Å². The maximum atomic E-state index is 13.0. The lowest BCUT2D eigenvalue weighted by atomic mass is 9.93. The third kappa shape index (κ3) is 2.26. The van der Waals surface area contributed by atoms with Crippen LogP contribution in [0.15, 0.2) is 24.3 Å². The molecule has 1 saturated heterocycles. The number of rotatable bonds is 3. The lowest BCUT2D eigenvalue weighted by Gasteiger charge is -2.28. The van der Waals surface area contributed by atoms with Crippen molar-refractivity contribution in [2.24, 2.45) is 0 Å². The van der Waals surface area contributed by atoms with Gasteiger partial charge in [-0.1, -0.05) is 12.1 Å². The van der Waals surface area contributed by atoms with E-state index in [1.54, 1.807) is 11.9 Å². The Balaban J connectivity index is 1.84. The second-order valence-electron chi connectivity index (χ2n) is 5.97. The van der Waals surface area contributed by atoms with Crippen LogP contribution in [0.25, 0.3) is 0 Å². The first-order chi connectivity index (χ1) is 10.1. The van der Waals surface area contributed by atoms with Crippen LogP contribution in [0.5, 0.6) is 0 Å². The maximum absolute atomic E-state index is 13.0. The van der Waals surface area contributed by atoms with E-state index in [1.807, 2.05) is 24.3 Å². The molecular weight excluding hydrogens is 266 g/mol. The molecule has 2 aliphatic rings. The lowest BCUT2D eigenvalue weighted by Crippen LogP contribution is -2.48. The number of carbonyl (C=O) groups excluding carboxylic acids is 2. The molecule has 5 heteroatoms. The Kier molecular flexibility index (Phi) is 3.35. The first-order valence-electron chi connectivity index (χ1n) is 7.47. The van der Waals surface area contributed by atoms with Gasteiger partial charge in [0.1, 0.15) is 6.04 Å². The second kappa shape index (κ2) is 5.06. The molecule has 2 fully saturated rings. The number of hydrogen-bond acceptors (Lipinski definition) is 3. The van der Waals surface area contributed by atoms with E-state index in [4.69, 9.17) is 5.73 Å². The largest absolute Gasteiger partial charge is 0.399 e. The summed E-state index contributed by atoms with van der Waals surface area (Å²) in [4.78, 5) is 26.7. The molecule has 1 heterocycles. The van der Waals surface area contributed by atoms with Crippen LogP contribution in [0.1, 0.15) is 31.2 Å². The van der Waals surface area contributed by atoms with Gasteiger partial charge in [-0.2, -0.15) is 0 Å². The number of nitrogens with one attached hydrogen (secondary N) is 1. The highest BCUT2D eigenvalue weighted by molar-refractivity contribution is 5.95. The molecule has 3 rings (SSSR count). The Labute approximate surface area is 124 Å². The highest BCUT2D eigenvalue weighted by atomic mass is 16.2. The van der Waals surface area contributed by atoms with Crippen molar-refractivity contribution in [3.05, 3.63) is 29.8 Å². The van der Waals surface area contributed by atoms with Gasteiger partial charge in [0, 0.05) is 19.3 Å². The molecule has 0 spiro atoms. The van der Waals surface area contributed by atoms with Crippen LogP contribution in [0.2, 0.25) is 0 Å². The predicted molar refractivity (Wildman–Crippen MR) is 80.6 cm³/mol. The Morgan fingerprint density at radius 2 is 1.95 bits per heavy atom. The van der Waals surface area contributed by atoms with Crippen molar-refractivity contribution in [3.63, 3.8) is 0 Å². The molecule has 1 aromatic rings. The van der Waals surface area contributed by atoms with Crippen LogP contribution in [0.3, 0.4) is 0 Å². The molecular formula is C16H21N3O2. The molecule has 1 atom stereocenters. The average molecular weight is 287 g/mol. The molecule has 5 nitrogen and oxygen atoms in total. The fraction of sp³-hybridized carbons (Fsp3) is 0.500. The molecule has 21 heavy (non-hydrogen) atoms. The number of carbonyl (C=O) groups is 2. The quantitative estimate of drug-likeness (QED) is 0.816. The van der Waals surface area contributed by atoms with Gasteiger partial charge in [-0.15, -0.1) is 0 Å². The van der Waals surface area contributed by atoms with E-state index < -0.39 is 5.41 Å². The molecule has 1 aliphatic carbocycles. The summed E-state index contributed by atoms with van der Waals surface area (Å²) in [5, 5.41) is 2.66. The number of benzene rings is 1. The Hall–Kier alpha value is -2.04. The van der Waals surface area contributed by atoms with Gasteiger partial charge in [-0.3, -0.25) is 9.59 Å². The number of nitrogens with two attached hydrogens (primary N) is 1. The van der Waals surface area contributed by atoms with Gasteiger partial charge in [0.25, 0.3) is 0 Å². The van der Waals surface area contributed by atoms with E-state index in [9.17, 15) is 9.59 Å². The van der Waals surface area contributed by atoms with E-state index in [0.717, 1.165) is 31.2 Å². The summed E-state index contributed by atoms with van der Waals surface area (Å²) in [5.41, 5.74) is 7.01. The van der Waals surface area contributed by atoms with E-state index in [0.29, 0.717) is 12.2 Å². The fourth-order valence-electron chi connectivity index (χ4n) is 3.28. The van der Waals surface area contributed by atoms with Gasteiger partial charge in [0.05, 0.1) is 5.41 Å². The highest BCUT2D eigenvalue weighted by Crippen LogP contribution is 2.50. The summed E-state index contributed by atoms with van der Waals surface area (Å²) in [6.45, 7) is 0.674. The monoisotopic (exact) mass is 287 g/mol. The SMILES string of the molecule is CNC(=O)C1CCCN1C(=O)C1(c2ccc(N)cc2)CC1. The smallest absolute Gasteiger partial charge is 0.242 e. The fourth-order valence-corrected chi connectivity index (χ4v) is 3.28. The number of amides is 2. The minimum absolute atomic E-state index is 0.0612. The summed E-state index contributed by atoms with van der Waals surface area (Å²) in [6, 6.07) is 7.23. The van der Waals surface area contributed by atoms with Crippen LogP contribution < -0.4 is 11.1 Å². The van der Waals surface area contributed by atoms with Crippen molar-refractivity contribution in [3.8, 4) is 0 Å². The molecule has 2 amide bonds. The maximum Gasteiger partial charge on any atom is 0.242 e. The zero-order valence-electron chi connectivity index (χ0n) is 12.3. The van der Waals surface area contributed by atoms with E-state index in [2.05, 4.69) is 5.32 Å². The van der Waals surface area contributed by atoms with Crippen molar-refractivity contribution in [1.29, 1.82) is 0 Å². The summed E-state index contributed by atoms with van der Waals surface area (Å²) >= 11 is 0. The summed E-state index contributed by atoms with van der Waals surface area (Å²) in [6.07, 6.45) is 3.35. The number of hydrogen-bond donors (Lipinski definition) is 2. The van der Waals surface area contributed by atoms with Gasteiger partial charge in [-0.05, 0) is 43.4 Å². The van der Waals surface area contributed by atoms with Crippen molar-refractivity contribution in [2.75, 3.05) is 19.3 Å². The predicted octanol–water partition coefficient (Wildman–Crippen LogP) is 1.04. The van der Waals surface area contributed by atoms with Crippen molar-refractivity contribution >= 4 is 17.5 Å². The Morgan fingerprint density at radius 1 is 1.29 bits per heavy atom. The minimum Gasteiger partial charge on any atom is -0.399 e. The third-order valence-corrected chi connectivity index (χ3v) is 4.69. The van der Waals surface area contributed by atoms with Crippen LogP contribution in [0.4, 0.5) is 5.69 Å². The van der Waals surface area contributed by atoms with Gasteiger partial charge >= 0.3 is 0 Å². The highest BCUT2D eigenvalue weighted by Gasteiger charge is 2.54. The number of nitrogen functional groups attached to an aromatic ring is 1. The summed E-state index contributed by atoms with van der Waals surface area (Å²) < 4.78 is 0. The first-order valence-corrected chi connectivity index (χ1v) is 7.47. The van der Waals surface area contributed by atoms with Crippen molar-refractivity contribution in [2.45, 2.75) is 37.1 Å². The Bertz CT molecular complexity index is 563. The molecule has 1 aromatic carbocycles. The molecule has 3 N–H and O–H groups in total. The molecule has 1 saturated carbocycles. The number of nitrogens with zero attached hydrogens (tertiary/aromatic N) is 1. The number of likely N-dealkylation sites (tertiary alicyclic amines) is 1. The second-order valence-corrected chi connectivity index (χ2v) is 5.97. The number of likely N-dealkylation sites (N-methyl/N-ethyl adjacent to an activating group) is 1. The molecule has 112 valence electrons. The number of anilines is 1. The molecule has 1 unspecified atom stereocenters. The van der Waals surface area contributed by atoms with E-state index in [-0.39, 0.29) is 17.9 Å². The standard InChI is InChI=1S/C16H21N3O2/c1-18-14(20)13-3-2-10-19(13)15(21)16(8-9-16)11-4-6-12(17)7-5-11/h4-7,13H,2-3,8-10,17H2,1H3,(H,18,20). The summed E-state index contributed by atoms with van der Waals surface area (Å²) in [7, 11) is 1.62. The van der Waals surface area contributed by atoms with Gasteiger partial charge in [0.2, 0.25) is 11.8 Å². The molecule has 1 aliphatic heterocycles. The Morgan fingerprint density at radius 3 is 2.52 bits per heavy atom. The van der Waals surface area contributed by atoms with Crippen LogP contribution >= 0.6 is 0 Å². The van der Waals surface area contributed by atoms with Gasteiger partial charge in [0.15, 0.2) is 0 Å². The van der Waals surface area contributed by atoms with Crippen molar-refractivity contribution in [1.82, 2.24) is 10.2 Å². The van der Waals surface area contributed by atoms with Crippen LogP contribution in [0, 0.1) is 0 Å². The normalized spacial score (nSPS) is 22.9. The zero-order chi connectivity index (χ0) is 15.0. The zero-order valence-corrected chi connectivity index (χ0v) is 12.3. The molecule has 0 radical (unpaired) electrons. The topological polar surface area (TPSA) is 75.4 Å². The lowest BCUT2D eigenvalue weighted by molar-refractivity contribution is -0.140. The summed E-state index contributed by atoms with van der Waals surface area (Å²) in [5.74, 6) is 0.0346. The van der Waals surface area contributed by atoms with Crippen LogP contribution in [-0.4, -0.2) is 36.3 Å². The minimum atomic E-state index is -0.426. The van der Waals surface area contributed by atoms with Gasteiger partial charge in [-0.25, -0.2) is 0 Å².